The molecule has 1 N–H and O–H groups in total. The van der Waals surface area contributed by atoms with Gasteiger partial charge in [-0.2, -0.15) is 0 Å². The Morgan fingerprint density at radius 2 is 2.00 bits per heavy atom. The molecule has 0 saturated heterocycles. The zero-order valence-corrected chi connectivity index (χ0v) is 7.64. The fourth-order valence-electron chi connectivity index (χ4n) is 1.16. The van der Waals surface area contributed by atoms with Crippen LogP contribution >= 0.6 is 0 Å². The van der Waals surface area contributed by atoms with E-state index >= 15 is 0 Å². The number of hydrogen-bond donors (Lipinski definition) is 1. The first-order valence-corrected chi connectivity index (χ1v) is 3.74. The minimum atomic E-state index is -0.402. The second-order valence-electron chi connectivity index (χ2n) is 3.30. The van der Waals surface area contributed by atoms with E-state index in [1.807, 2.05) is 20.8 Å². The predicted octanol–water partition coefficient (Wildman–Crippen LogP) is 1.54. The summed E-state index contributed by atoms with van der Waals surface area (Å²) in [4.78, 5) is 11.0. The molecule has 11 heavy (non-hydrogen) atoms. The monoisotopic (exact) mass is 156 g/mol. The molecule has 2 heteroatoms. The molecule has 0 atom stereocenters. The summed E-state index contributed by atoms with van der Waals surface area (Å²) in [5.74, 6) is 0.0338. The van der Waals surface area contributed by atoms with Crippen LogP contribution in [0.15, 0.2) is 11.6 Å². The Balaban J connectivity index is 4.66. The van der Waals surface area contributed by atoms with E-state index in [2.05, 4.69) is 0 Å². The van der Waals surface area contributed by atoms with Crippen molar-refractivity contribution in [3.8, 4) is 0 Å². The zero-order chi connectivity index (χ0) is 9.07. The molecule has 0 amide bonds. The van der Waals surface area contributed by atoms with Gasteiger partial charge in [-0.25, -0.2) is 0 Å². The second-order valence-corrected chi connectivity index (χ2v) is 3.30. The molecule has 0 aromatic carbocycles. The van der Waals surface area contributed by atoms with Crippen LogP contribution in [0.5, 0.6) is 0 Å². The van der Waals surface area contributed by atoms with Crippen molar-refractivity contribution in [1.82, 2.24) is 0 Å². The molecular weight excluding hydrogens is 140 g/mol. The van der Waals surface area contributed by atoms with Crippen LogP contribution < -0.4 is 0 Å². The maximum Gasteiger partial charge on any atom is 0.156 e. The Hall–Kier alpha value is -0.630. The zero-order valence-electron chi connectivity index (χ0n) is 7.64. The lowest BCUT2D eigenvalue weighted by molar-refractivity contribution is -0.114. The van der Waals surface area contributed by atoms with Gasteiger partial charge in [-0.1, -0.05) is 19.9 Å². The highest BCUT2D eigenvalue weighted by atomic mass is 16.3. The van der Waals surface area contributed by atoms with Crippen LogP contribution in [0.25, 0.3) is 0 Å². The average molecular weight is 156 g/mol. The molecule has 0 aromatic rings. The predicted molar refractivity (Wildman–Crippen MR) is 45.3 cm³/mol. The van der Waals surface area contributed by atoms with E-state index in [1.54, 1.807) is 6.08 Å². The lowest BCUT2D eigenvalue weighted by Crippen LogP contribution is -2.23. The highest BCUT2D eigenvalue weighted by Gasteiger charge is 2.24. The summed E-state index contributed by atoms with van der Waals surface area (Å²) in [5.41, 5.74) is 0.292. The highest BCUT2D eigenvalue weighted by Crippen LogP contribution is 2.25. The molecule has 0 radical (unpaired) electrons. The summed E-state index contributed by atoms with van der Waals surface area (Å²) in [7, 11) is 0. The SMILES string of the molecule is C/C=C(\C(C)=O)C(C)(C)CO. The van der Waals surface area contributed by atoms with Gasteiger partial charge >= 0.3 is 0 Å². The molecule has 0 unspecified atom stereocenters. The summed E-state index contributed by atoms with van der Waals surface area (Å²) in [6.07, 6.45) is 1.76. The van der Waals surface area contributed by atoms with Gasteiger partial charge in [0.05, 0.1) is 6.61 Å². The number of rotatable bonds is 3. The molecule has 2 nitrogen and oxygen atoms in total. The number of carbonyl (C=O) groups is 1. The number of ketones is 1. The number of carbonyl (C=O) groups excluding carboxylic acids is 1. The van der Waals surface area contributed by atoms with Crippen LogP contribution in [0, 0.1) is 5.41 Å². The van der Waals surface area contributed by atoms with Gasteiger partial charge < -0.3 is 5.11 Å². The summed E-state index contributed by atoms with van der Waals surface area (Å²) >= 11 is 0. The molecule has 0 aliphatic heterocycles. The number of Topliss-reactive ketones (excluding diaryl/α,β-unsaturated/α-hetero) is 1. The van der Waals surface area contributed by atoms with Gasteiger partial charge in [0.25, 0.3) is 0 Å². The van der Waals surface area contributed by atoms with Crippen LogP contribution in [-0.2, 0) is 4.79 Å². The minimum Gasteiger partial charge on any atom is -0.395 e. The average Bonchev–Trinajstić information content (AvgIpc) is 1.88. The van der Waals surface area contributed by atoms with Gasteiger partial charge in [-0.05, 0) is 19.4 Å². The second kappa shape index (κ2) is 3.67. The highest BCUT2D eigenvalue weighted by molar-refractivity contribution is 5.94. The Morgan fingerprint density at radius 3 is 2.09 bits per heavy atom. The largest absolute Gasteiger partial charge is 0.395 e. The van der Waals surface area contributed by atoms with Gasteiger partial charge in [0.1, 0.15) is 0 Å². The number of aliphatic hydroxyl groups is 1. The van der Waals surface area contributed by atoms with E-state index in [-0.39, 0.29) is 12.4 Å². The molecule has 0 aliphatic rings. The Kier molecular flexibility index (Phi) is 3.46. The van der Waals surface area contributed by atoms with E-state index in [0.717, 1.165) is 0 Å². The van der Waals surface area contributed by atoms with Crippen LogP contribution in [-0.4, -0.2) is 17.5 Å². The summed E-state index contributed by atoms with van der Waals surface area (Å²) in [6, 6.07) is 0. The molecule has 0 spiro atoms. The van der Waals surface area contributed by atoms with Gasteiger partial charge in [0.15, 0.2) is 5.78 Å². The van der Waals surface area contributed by atoms with Gasteiger partial charge in [-0.15, -0.1) is 0 Å². The van der Waals surface area contributed by atoms with E-state index in [0.29, 0.717) is 5.57 Å². The fraction of sp³-hybridized carbons (Fsp3) is 0.667. The van der Waals surface area contributed by atoms with E-state index in [4.69, 9.17) is 5.11 Å². The molecule has 0 heterocycles. The molecule has 0 aromatic heterocycles. The van der Waals surface area contributed by atoms with Gasteiger partial charge in [0, 0.05) is 5.41 Å². The molecule has 0 bridgehead atoms. The van der Waals surface area contributed by atoms with Gasteiger partial charge in [0.2, 0.25) is 0 Å². The first kappa shape index (κ1) is 10.4. The third kappa shape index (κ3) is 2.46. The molecule has 64 valence electrons. The fourth-order valence-corrected chi connectivity index (χ4v) is 1.16. The molecule has 0 rings (SSSR count). The summed E-state index contributed by atoms with van der Waals surface area (Å²) < 4.78 is 0. The third-order valence-corrected chi connectivity index (χ3v) is 1.79. The topological polar surface area (TPSA) is 37.3 Å². The Labute approximate surface area is 67.9 Å². The normalized spacial score (nSPS) is 13.4. The van der Waals surface area contributed by atoms with Crippen molar-refractivity contribution in [3.63, 3.8) is 0 Å². The number of aliphatic hydroxyl groups excluding tert-OH is 1. The third-order valence-electron chi connectivity index (χ3n) is 1.79. The van der Waals surface area contributed by atoms with Crippen LogP contribution in [0.1, 0.15) is 27.7 Å². The summed E-state index contributed by atoms with van der Waals surface area (Å²) in [6.45, 7) is 7.04. The van der Waals surface area contributed by atoms with Crippen molar-refractivity contribution in [2.24, 2.45) is 5.41 Å². The molecule has 0 aliphatic carbocycles. The summed E-state index contributed by atoms with van der Waals surface area (Å²) in [5, 5.41) is 8.95. The van der Waals surface area contributed by atoms with E-state index in [9.17, 15) is 4.79 Å². The lowest BCUT2D eigenvalue weighted by Gasteiger charge is -2.23. The minimum absolute atomic E-state index is 0.00620. The molecule has 0 saturated carbocycles. The molecule has 0 fully saturated rings. The maximum absolute atomic E-state index is 11.0. The molecular formula is C9H16O2. The first-order chi connectivity index (χ1) is 4.95. The van der Waals surface area contributed by atoms with E-state index in [1.165, 1.54) is 6.92 Å². The van der Waals surface area contributed by atoms with Crippen molar-refractivity contribution in [1.29, 1.82) is 0 Å². The number of allylic oxidation sites excluding steroid dienone is 1. The Morgan fingerprint density at radius 1 is 1.55 bits per heavy atom. The Bertz CT molecular complexity index is 178. The lowest BCUT2D eigenvalue weighted by atomic mass is 9.83. The van der Waals surface area contributed by atoms with E-state index < -0.39 is 5.41 Å². The van der Waals surface area contributed by atoms with Gasteiger partial charge in [-0.3, -0.25) is 4.79 Å². The van der Waals surface area contributed by atoms with Crippen molar-refractivity contribution in [2.45, 2.75) is 27.7 Å². The standard InChI is InChI=1S/C9H16O2/c1-5-8(7(2)11)9(3,4)6-10/h5,10H,6H2,1-4H3/b8-5+. The first-order valence-electron chi connectivity index (χ1n) is 3.74. The maximum atomic E-state index is 11.0. The quantitative estimate of drug-likeness (QED) is 0.629. The van der Waals surface area contributed by atoms with Crippen molar-refractivity contribution in [2.75, 3.05) is 6.61 Å². The van der Waals surface area contributed by atoms with Crippen LogP contribution in [0.3, 0.4) is 0 Å². The van der Waals surface area contributed by atoms with Crippen molar-refractivity contribution < 1.29 is 9.90 Å². The van der Waals surface area contributed by atoms with Crippen LogP contribution in [0.2, 0.25) is 0 Å². The smallest absolute Gasteiger partial charge is 0.156 e. The van der Waals surface area contributed by atoms with Crippen molar-refractivity contribution >= 4 is 5.78 Å². The van der Waals surface area contributed by atoms with Crippen LogP contribution in [0.4, 0.5) is 0 Å². The number of hydrogen-bond acceptors (Lipinski definition) is 2. The van der Waals surface area contributed by atoms with Crippen molar-refractivity contribution in [3.05, 3.63) is 11.6 Å².